The molecule has 1 aliphatic heterocycles. The number of nitrogens with one attached hydrogen (secondary N) is 2. The van der Waals surface area contributed by atoms with E-state index >= 15 is 0 Å². The van der Waals surface area contributed by atoms with Crippen LogP contribution in [0.2, 0.25) is 0 Å². The fourth-order valence-electron chi connectivity index (χ4n) is 3.81. The first-order valence-electron chi connectivity index (χ1n) is 11.3. The Morgan fingerprint density at radius 1 is 1.27 bits per heavy atom. The van der Waals surface area contributed by atoms with E-state index in [4.69, 9.17) is 4.74 Å². The van der Waals surface area contributed by atoms with Gasteiger partial charge in [0.1, 0.15) is 5.60 Å². The number of amides is 1. The SMILES string of the molecule is CN=C(NCCCc1cn(-c2ccccc2)nc1C)N1CCC(NC(=O)OC(C)(C)C)C1.I. The predicted molar refractivity (Wildman–Crippen MR) is 143 cm³/mol. The fraction of sp³-hybridized carbons (Fsp3) is 0.542. The second-order valence-corrected chi connectivity index (χ2v) is 9.18. The van der Waals surface area contributed by atoms with E-state index in [1.807, 2.05) is 43.7 Å². The minimum atomic E-state index is -0.490. The lowest BCUT2D eigenvalue weighted by molar-refractivity contribution is 0.0507. The molecule has 33 heavy (non-hydrogen) atoms. The van der Waals surface area contributed by atoms with Crippen LogP contribution in [0.3, 0.4) is 0 Å². The summed E-state index contributed by atoms with van der Waals surface area (Å²) in [6, 6.07) is 10.2. The van der Waals surface area contributed by atoms with Gasteiger partial charge in [0, 0.05) is 32.9 Å². The average molecular weight is 569 g/mol. The van der Waals surface area contributed by atoms with Gasteiger partial charge in [-0.25, -0.2) is 9.48 Å². The van der Waals surface area contributed by atoms with Crippen LogP contribution in [-0.2, 0) is 11.2 Å². The number of rotatable bonds is 6. The molecule has 0 spiro atoms. The Bertz CT molecular complexity index is 923. The van der Waals surface area contributed by atoms with Crippen molar-refractivity contribution in [2.45, 2.75) is 58.6 Å². The number of guanidine groups is 1. The molecule has 1 aliphatic rings. The lowest BCUT2D eigenvalue weighted by atomic mass is 10.1. The maximum absolute atomic E-state index is 12.0. The molecule has 1 unspecified atom stereocenters. The normalized spacial score (nSPS) is 16.3. The van der Waals surface area contributed by atoms with E-state index in [1.165, 1.54) is 5.56 Å². The van der Waals surface area contributed by atoms with E-state index < -0.39 is 5.60 Å². The van der Waals surface area contributed by atoms with Crippen LogP contribution in [0, 0.1) is 6.92 Å². The molecule has 1 fully saturated rings. The van der Waals surface area contributed by atoms with E-state index in [1.54, 1.807) is 7.05 Å². The lowest BCUT2D eigenvalue weighted by Crippen LogP contribution is -2.44. The topological polar surface area (TPSA) is 83.8 Å². The van der Waals surface area contributed by atoms with Gasteiger partial charge in [-0.1, -0.05) is 18.2 Å². The molecule has 2 N–H and O–H groups in total. The number of halogens is 1. The second-order valence-electron chi connectivity index (χ2n) is 9.18. The third-order valence-corrected chi connectivity index (χ3v) is 5.35. The van der Waals surface area contributed by atoms with Crippen molar-refractivity contribution in [3.8, 4) is 5.69 Å². The highest BCUT2D eigenvalue weighted by Gasteiger charge is 2.27. The van der Waals surface area contributed by atoms with Crippen molar-refractivity contribution in [1.29, 1.82) is 0 Å². The molecule has 182 valence electrons. The maximum Gasteiger partial charge on any atom is 0.407 e. The van der Waals surface area contributed by atoms with Gasteiger partial charge in [0.25, 0.3) is 0 Å². The summed E-state index contributed by atoms with van der Waals surface area (Å²) in [6.45, 7) is 10.1. The molecule has 1 aromatic carbocycles. The van der Waals surface area contributed by atoms with Crippen LogP contribution < -0.4 is 10.6 Å². The zero-order chi connectivity index (χ0) is 23.1. The molecule has 9 heteroatoms. The van der Waals surface area contributed by atoms with Crippen LogP contribution in [-0.4, -0.2) is 65.1 Å². The monoisotopic (exact) mass is 568 g/mol. The number of hydrogen-bond acceptors (Lipinski definition) is 4. The van der Waals surface area contributed by atoms with Gasteiger partial charge < -0.3 is 20.3 Å². The molecule has 0 saturated carbocycles. The van der Waals surface area contributed by atoms with Crippen LogP contribution in [0.4, 0.5) is 4.79 Å². The maximum atomic E-state index is 12.0. The number of likely N-dealkylation sites (tertiary alicyclic amines) is 1. The summed E-state index contributed by atoms with van der Waals surface area (Å²) in [5, 5.41) is 11.1. The molecule has 0 aliphatic carbocycles. The number of aliphatic imine (C=N–C) groups is 1. The van der Waals surface area contributed by atoms with Crippen LogP contribution in [0.25, 0.3) is 5.69 Å². The standard InChI is InChI=1S/C24H36N6O2.HI/c1-18-19(16-30(28-18)21-11-7-6-8-12-21)10-9-14-26-22(25-5)29-15-13-20(17-29)27-23(31)32-24(2,3)4;/h6-8,11-12,16,20H,9-10,13-15,17H2,1-5H3,(H,25,26)(H,27,31);1H. The minimum absolute atomic E-state index is 0. The van der Waals surface area contributed by atoms with Crippen molar-refractivity contribution in [3.63, 3.8) is 0 Å². The Hall–Kier alpha value is -2.30. The Morgan fingerprint density at radius 2 is 2.00 bits per heavy atom. The summed E-state index contributed by atoms with van der Waals surface area (Å²) in [6.07, 6.45) is 4.56. The van der Waals surface area contributed by atoms with Gasteiger partial charge in [0.05, 0.1) is 17.4 Å². The Labute approximate surface area is 214 Å². The first kappa shape index (κ1) is 26.9. The second kappa shape index (κ2) is 12.2. The largest absolute Gasteiger partial charge is 0.444 e. The lowest BCUT2D eigenvalue weighted by Gasteiger charge is -2.23. The highest BCUT2D eigenvalue weighted by atomic mass is 127. The quantitative estimate of drug-likeness (QED) is 0.239. The van der Waals surface area contributed by atoms with Gasteiger partial charge in [0.2, 0.25) is 0 Å². The van der Waals surface area contributed by atoms with Crippen LogP contribution in [0.15, 0.2) is 41.5 Å². The third kappa shape index (κ3) is 8.21. The first-order chi connectivity index (χ1) is 15.2. The number of hydrogen-bond donors (Lipinski definition) is 2. The molecule has 0 bridgehead atoms. The van der Waals surface area contributed by atoms with E-state index in [0.717, 1.165) is 56.2 Å². The van der Waals surface area contributed by atoms with Gasteiger partial charge in [0.15, 0.2) is 5.96 Å². The van der Waals surface area contributed by atoms with E-state index in [2.05, 4.69) is 50.9 Å². The Morgan fingerprint density at radius 3 is 2.67 bits per heavy atom. The number of carbonyl (C=O) groups excluding carboxylic acids is 1. The summed E-state index contributed by atoms with van der Waals surface area (Å²) in [5.74, 6) is 0.871. The van der Waals surface area contributed by atoms with Crippen LogP contribution >= 0.6 is 24.0 Å². The molecule has 2 aromatic rings. The average Bonchev–Trinajstić information content (AvgIpc) is 3.34. The zero-order valence-electron chi connectivity index (χ0n) is 20.3. The molecule has 1 saturated heterocycles. The van der Waals surface area contributed by atoms with Gasteiger partial charge in [-0.2, -0.15) is 5.10 Å². The molecule has 1 atom stereocenters. The predicted octanol–water partition coefficient (Wildman–Crippen LogP) is 3.91. The van der Waals surface area contributed by atoms with Crippen LogP contribution in [0.5, 0.6) is 0 Å². The van der Waals surface area contributed by atoms with Gasteiger partial charge in [-0.3, -0.25) is 4.99 Å². The van der Waals surface area contributed by atoms with Crippen LogP contribution in [0.1, 0.15) is 44.9 Å². The molecule has 8 nitrogen and oxygen atoms in total. The van der Waals surface area contributed by atoms with Gasteiger partial charge in [-0.15, -0.1) is 24.0 Å². The third-order valence-electron chi connectivity index (χ3n) is 5.35. The number of carbonyl (C=O) groups is 1. The summed E-state index contributed by atoms with van der Waals surface area (Å²) < 4.78 is 7.30. The van der Waals surface area contributed by atoms with Crippen molar-refractivity contribution in [2.75, 3.05) is 26.7 Å². The number of alkyl carbamates (subject to hydrolysis) is 1. The Kier molecular flexibility index (Phi) is 10.00. The number of nitrogens with zero attached hydrogens (tertiary/aromatic N) is 4. The summed E-state index contributed by atoms with van der Waals surface area (Å²) >= 11 is 0. The van der Waals surface area contributed by atoms with Gasteiger partial charge in [-0.05, 0) is 64.7 Å². The number of para-hydroxylation sites is 1. The highest BCUT2D eigenvalue weighted by Crippen LogP contribution is 2.14. The molecular weight excluding hydrogens is 531 g/mol. The van der Waals surface area contributed by atoms with E-state index in [0.29, 0.717) is 0 Å². The van der Waals surface area contributed by atoms with Crippen molar-refractivity contribution in [2.24, 2.45) is 4.99 Å². The van der Waals surface area contributed by atoms with Crippen molar-refractivity contribution in [1.82, 2.24) is 25.3 Å². The fourth-order valence-corrected chi connectivity index (χ4v) is 3.81. The molecule has 3 rings (SSSR count). The summed E-state index contributed by atoms with van der Waals surface area (Å²) in [4.78, 5) is 18.6. The molecule has 1 amide bonds. The van der Waals surface area contributed by atoms with Gasteiger partial charge >= 0.3 is 6.09 Å². The number of aromatic nitrogens is 2. The van der Waals surface area contributed by atoms with Crippen molar-refractivity contribution in [3.05, 3.63) is 47.8 Å². The smallest absolute Gasteiger partial charge is 0.407 e. The van der Waals surface area contributed by atoms with Crippen molar-refractivity contribution < 1.29 is 9.53 Å². The molecule has 2 heterocycles. The van der Waals surface area contributed by atoms with E-state index in [-0.39, 0.29) is 36.1 Å². The van der Waals surface area contributed by atoms with Crippen molar-refractivity contribution >= 4 is 36.0 Å². The zero-order valence-corrected chi connectivity index (χ0v) is 22.6. The first-order valence-corrected chi connectivity index (χ1v) is 11.3. The highest BCUT2D eigenvalue weighted by molar-refractivity contribution is 14.0. The summed E-state index contributed by atoms with van der Waals surface area (Å²) in [5.41, 5.74) is 2.90. The molecule has 1 aromatic heterocycles. The summed E-state index contributed by atoms with van der Waals surface area (Å²) in [7, 11) is 1.80. The Balaban J connectivity index is 0.00000385. The molecule has 0 radical (unpaired) electrons. The van der Waals surface area contributed by atoms with E-state index in [9.17, 15) is 4.79 Å². The number of ether oxygens (including phenoxy) is 1. The minimum Gasteiger partial charge on any atom is -0.444 e. The molecular formula is C24H37IN6O2. The number of aryl methyl sites for hydroxylation is 2. The number of benzene rings is 1.